The molecule has 0 atom stereocenters. The van der Waals surface area contributed by atoms with Crippen molar-refractivity contribution in [2.24, 2.45) is 5.92 Å². The highest BCUT2D eigenvalue weighted by Gasteiger charge is 2.02. The molecule has 0 radical (unpaired) electrons. The molecule has 3 N–H and O–H groups in total. The Morgan fingerprint density at radius 1 is 1.35 bits per heavy atom. The molecule has 0 heterocycles. The van der Waals surface area contributed by atoms with Gasteiger partial charge in [-0.15, -0.1) is 0 Å². The average Bonchev–Trinajstić information content (AvgIpc) is 2.27. The van der Waals surface area contributed by atoms with Crippen molar-refractivity contribution in [2.75, 3.05) is 24.3 Å². The van der Waals surface area contributed by atoms with Gasteiger partial charge in [0.1, 0.15) is 6.61 Å². The highest BCUT2D eigenvalue weighted by Crippen LogP contribution is 2.10. The van der Waals surface area contributed by atoms with E-state index in [9.17, 15) is 4.79 Å². The zero-order chi connectivity index (χ0) is 12.7. The van der Waals surface area contributed by atoms with Crippen LogP contribution in [-0.4, -0.2) is 19.1 Å². The quantitative estimate of drug-likeness (QED) is 0.588. The third-order valence-electron chi connectivity index (χ3n) is 2.27. The number of anilines is 2. The van der Waals surface area contributed by atoms with Crippen molar-refractivity contribution in [1.82, 2.24) is 0 Å². The van der Waals surface area contributed by atoms with Gasteiger partial charge in [-0.3, -0.25) is 4.79 Å². The van der Waals surface area contributed by atoms with Crippen LogP contribution < -0.4 is 11.1 Å². The third kappa shape index (κ3) is 5.92. The fourth-order valence-electron chi connectivity index (χ4n) is 1.25. The number of amides is 1. The molecule has 0 aromatic heterocycles. The topological polar surface area (TPSA) is 64.3 Å². The normalized spacial score (nSPS) is 10.5. The molecule has 0 fully saturated rings. The van der Waals surface area contributed by atoms with Crippen LogP contribution in [0.25, 0.3) is 0 Å². The largest absolute Gasteiger partial charge is 0.399 e. The van der Waals surface area contributed by atoms with Crippen LogP contribution in [0, 0.1) is 5.92 Å². The van der Waals surface area contributed by atoms with E-state index in [0.29, 0.717) is 18.2 Å². The van der Waals surface area contributed by atoms with Crippen LogP contribution in [0.15, 0.2) is 24.3 Å². The van der Waals surface area contributed by atoms with E-state index in [2.05, 4.69) is 19.2 Å². The Morgan fingerprint density at radius 2 is 2.00 bits per heavy atom. The van der Waals surface area contributed by atoms with Gasteiger partial charge in [0.25, 0.3) is 0 Å². The monoisotopic (exact) mass is 236 g/mol. The molecule has 1 amide bonds. The molecule has 0 saturated heterocycles. The number of hydrogen-bond acceptors (Lipinski definition) is 3. The lowest BCUT2D eigenvalue weighted by Gasteiger charge is -2.07. The second kappa shape index (κ2) is 6.91. The van der Waals surface area contributed by atoms with Gasteiger partial charge >= 0.3 is 0 Å². The van der Waals surface area contributed by atoms with Crippen molar-refractivity contribution < 1.29 is 9.53 Å². The van der Waals surface area contributed by atoms with Crippen molar-refractivity contribution in [1.29, 1.82) is 0 Å². The smallest absolute Gasteiger partial charge is 0.250 e. The number of hydrogen-bond donors (Lipinski definition) is 2. The predicted octanol–water partition coefficient (Wildman–Crippen LogP) is 2.27. The maximum Gasteiger partial charge on any atom is 0.250 e. The molecule has 1 aromatic carbocycles. The molecule has 17 heavy (non-hydrogen) atoms. The second-order valence-electron chi connectivity index (χ2n) is 4.41. The summed E-state index contributed by atoms with van der Waals surface area (Å²) in [6.45, 7) is 4.96. The van der Waals surface area contributed by atoms with E-state index in [1.165, 1.54) is 0 Å². The van der Waals surface area contributed by atoms with Gasteiger partial charge in [0, 0.05) is 18.0 Å². The van der Waals surface area contributed by atoms with E-state index in [1.807, 2.05) is 0 Å². The molecule has 4 heteroatoms. The van der Waals surface area contributed by atoms with Crippen LogP contribution in [0.3, 0.4) is 0 Å². The molecule has 4 nitrogen and oxygen atoms in total. The SMILES string of the molecule is CC(C)CCOCC(=O)Nc1ccc(N)cc1. The Kier molecular flexibility index (Phi) is 5.49. The molecule has 0 saturated carbocycles. The van der Waals surface area contributed by atoms with Crippen molar-refractivity contribution in [3.8, 4) is 0 Å². The Bertz CT molecular complexity index is 347. The summed E-state index contributed by atoms with van der Waals surface area (Å²) in [4.78, 5) is 11.5. The first-order valence-electron chi connectivity index (χ1n) is 5.81. The molecule has 1 aromatic rings. The number of nitrogens with two attached hydrogens (primary N) is 1. The Balaban J connectivity index is 2.23. The molecule has 0 bridgehead atoms. The van der Waals surface area contributed by atoms with Crippen molar-refractivity contribution >= 4 is 17.3 Å². The van der Waals surface area contributed by atoms with Crippen molar-refractivity contribution in [3.63, 3.8) is 0 Å². The standard InChI is InChI=1S/C13H20N2O2/c1-10(2)7-8-17-9-13(16)15-12-5-3-11(14)4-6-12/h3-6,10H,7-9,14H2,1-2H3,(H,15,16). The molecule has 0 aliphatic rings. The lowest BCUT2D eigenvalue weighted by molar-refractivity contribution is -0.120. The van der Waals surface area contributed by atoms with Crippen LogP contribution >= 0.6 is 0 Å². The summed E-state index contributed by atoms with van der Waals surface area (Å²) in [6.07, 6.45) is 0.967. The van der Waals surface area contributed by atoms with Gasteiger partial charge in [0.2, 0.25) is 5.91 Å². The number of rotatable bonds is 6. The maximum absolute atomic E-state index is 11.5. The summed E-state index contributed by atoms with van der Waals surface area (Å²) >= 11 is 0. The van der Waals surface area contributed by atoms with Gasteiger partial charge in [-0.1, -0.05) is 13.8 Å². The van der Waals surface area contributed by atoms with E-state index < -0.39 is 0 Å². The van der Waals surface area contributed by atoms with Gasteiger partial charge in [0.05, 0.1) is 0 Å². The summed E-state index contributed by atoms with van der Waals surface area (Å²) in [6, 6.07) is 7.02. The summed E-state index contributed by atoms with van der Waals surface area (Å²) in [5, 5.41) is 2.74. The first-order valence-corrected chi connectivity index (χ1v) is 5.81. The van der Waals surface area contributed by atoms with Crippen molar-refractivity contribution in [2.45, 2.75) is 20.3 Å². The minimum Gasteiger partial charge on any atom is -0.399 e. The van der Waals surface area contributed by atoms with Gasteiger partial charge in [-0.2, -0.15) is 0 Å². The van der Waals surface area contributed by atoms with E-state index in [-0.39, 0.29) is 12.5 Å². The summed E-state index contributed by atoms with van der Waals surface area (Å²) in [7, 11) is 0. The van der Waals surface area contributed by atoms with Gasteiger partial charge in [-0.25, -0.2) is 0 Å². The van der Waals surface area contributed by atoms with Crippen LogP contribution in [0.5, 0.6) is 0 Å². The van der Waals surface area contributed by atoms with Gasteiger partial charge in [0.15, 0.2) is 0 Å². The molecule has 1 rings (SSSR count). The number of nitrogen functional groups attached to an aromatic ring is 1. The van der Waals surface area contributed by atoms with E-state index in [4.69, 9.17) is 10.5 Å². The average molecular weight is 236 g/mol. The lowest BCUT2D eigenvalue weighted by atomic mass is 10.1. The molecule has 0 unspecified atom stereocenters. The zero-order valence-electron chi connectivity index (χ0n) is 10.4. The van der Waals surface area contributed by atoms with E-state index in [1.54, 1.807) is 24.3 Å². The fraction of sp³-hybridized carbons (Fsp3) is 0.462. The number of nitrogens with one attached hydrogen (secondary N) is 1. The summed E-state index contributed by atoms with van der Waals surface area (Å²) in [5.74, 6) is 0.452. The Hall–Kier alpha value is -1.55. The summed E-state index contributed by atoms with van der Waals surface area (Å²) < 4.78 is 5.27. The Morgan fingerprint density at radius 3 is 2.59 bits per heavy atom. The maximum atomic E-state index is 11.5. The minimum absolute atomic E-state index is 0.0943. The molecule has 0 spiro atoms. The van der Waals surface area contributed by atoms with Crippen LogP contribution in [0.1, 0.15) is 20.3 Å². The molecular formula is C13H20N2O2. The molecule has 0 aliphatic heterocycles. The highest BCUT2D eigenvalue weighted by atomic mass is 16.5. The first-order chi connectivity index (χ1) is 8.08. The van der Waals surface area contributed by atoms with Gasteiger partial charge in [-0.05, 0) is 36.6 Å². The predicted molar refractivity (Wildman–Crippen MR) is 69.8 cm³/mol. The lowest BCUT2D eigenvalue weighted by Crippen LogP contribution is -2.18. The third-order valence-corrected chi connectivity index (χ3v) is 2.27. The second-order valence-corrected chi connectivity index (χ2v) is 4.41. The fourth-order valence-corrected chi connectivity index (χ4v) is 1.25. The molecule has 94 valence electrons. The van der Waals surface area contributed by atoms with Crippen LogP contribution in [0.2, 0.25) is 0 Å². The Labute approximate surface area is 102 Å². The highest BCUT2D eigenvalue weighted by molar-refractivity contribution is 5.91. The minimum atomic E-state index is -0.140. The van der Waals surface area contributed by atoms with E-state index >= 15 is 0 Å². The van der Waals surface area contributed by atoms with Crippen LogP contribution in [-0.2, 0) is 9.53 Å². The molecular weight excluding hydrogens is 216 g/mol. The van der Waals surface area contributed by atoms with Crippen LogP contribution in [0.4, 0.5) is 11.4 Å². The number of carbonyl (C=O) groups excluding carboxylic acids is 1. The first kappa shape index (κ1) is 13.5. The zero-order valence-corrected chi connectivity index (χ0v) is 10.4. The van der Waals surface area contributed by atoms with Crippen molar-refractivity contribution in [3.05, 3.63) is 24.3 Å². The summed E-state index contributed by atoms with van der Waals surface area (Å²) in [5.41, 5.74) is 6.96. The number of carbonyl (C=O) groups is 1. The van der Waals surface area contributed by atoms with Gasteiger partial charge < -0.3 is 15.8 Å². The van der Waals surface area contributed by atoms with E-state index in [0.717, 1.165) is 12.1 Å². The number of ether oxygens (including phenoxy) is 1. The number of benzene rings is 1. The molecule has 0 aliphatic carbocycles.